The summed E-state index contributed by atoms with van der Waals surface area (Å²) in [6, 6.07) is 2.33. The van der Waals surface area contributed by atoms with E-state index >= 15 is 0 Å². The van der Waals surface area contributed by atoms with Gasteiger partial charge in [0.05, 0.1) is 5.69 Å². The van der Waals surface area contributed by atoms with Crippen LogP contribution in [0.1, 0.15) is 11.7 Å². The van der Waals surface area contributed by atoms with Crippen molar-refractivity contribution in [2.45, 2.75) is 6.04 Å². The van der Waals surface area contributed by atoms with Crippen LogP contribution in [0.5, 0.6) is 0 Å². The van der Waals surface area contributed by atoms with Crippen molar-refractivity contribution in [3.8, 4) is 0 Å². The van der Waals surface area contributed by atoms with E-state index in [1.54, 1.807) is 12.1 Å². The summed E-state index contributed by atoms with van der Waals surface area (Å²) in [4.78, 5) is 14.3. The smallest absolute Gasteiger partial charge is 0.326 e. The van der Waals surface area contributed by atoms with Gasteiger partial charge in [0, 0.05) is 10.7 Å². The number of hydrogen-bond donors (Lipinski definition) is 2. The van der Waals surface area contributed by atoms with Crippen LogP contribution in [0.3, 0.4) is 0 Å². The molecule has 1 unspecified atom stereocenters. The van der Waals surface area contributed by atoms with Gasteiger partial charge in [0.2, 0.25) is 0 Å². The summed E-state index contributed by atoms with van der Waals surface area (Å²) in [5, 5.41) is 8.57. The lowest BCUT2D eigenvalue weighted by Gasteiger charge is -2.06. The SMILES string of the molecule is NC(C(=O)O)c1ncccc1Br. The third-order valence-electron chi connectivity index (χ3n) is 1.35. The predicted molar refractivity (Wildman–Crippen MR) is 46.5 cm³/mol. The largest absolute Gasteiger partial charge is 0.480 e. The molecule has 0 amide bonds. The first kappa shape index (κ1) is 9.15. The second-order valence-corrected chi connectivity index (χ2v) is 3.04. The topological polar surface area (TPSA) is 76.2 Å². The molecule has 0 aliphatic carbocycles. The van der Waals surface area contributed by atoms with Crippen LogP contribution in [-0.4, -0.2) is 16.1 Å². The molecular weight excluding hydrogens is 224 g/mol. The number of carboxylic acids is 1. The van der Waals surface area contributed by atoms with Crippen molar-refractivity contribution in [3.05, 3.63) is 28.5 Å². The molecule has 5 heteroatoms. The number of nitrogens with zero attached hydrogens (tertiary/aromatic N) is 1. The molecule has 0 bridgehead atoms. The Balaban J connectivity index is 3.02. The highest BCUT2D eigenvalue weighted by molar-refractivity contribution is 9.10. The van der Waals surface area contributed by atoms with E-state index in [9.17, 15) is 4.79 Å². The number of halogens is 1. The minimum Gasteiger partial charge on any atom is -0.480 e. The summed E-state index contributed by atoms with van der Waals surface area (Å²) in [5.41, 5.74) is 5.68. The Bertz CT molecular complexity index is 303. The average molecular weight is 231 g/mol. The highest BCUT2D eigenvalue weighted by atomic mass is 79.9. The van der Waals surface area contributed by atoms with Crippen LogP contribution in [0.2, 0.25) is 0 Å². The summed E-state index contributed by atoms with van der Waals surface area (Å²) >= 11 is 3.16. The molecule has 4 nitrogen and oxygen atoms in total. The van der Waals surface area contributed by atoms with Gasteiger partial charge in [0.25, 0.3) is 0 Å². The minimum atomic E-state index is -1.09. The van der Waals surface area contributed by atoms with Crippen LogP contribution in [0, 0.1) is 0 Å². The molecule has 0 aliphatic heterocycles. The van der Waals surface area contributed by atoms with E-state index in [1.807, 2.05) is 0 Å². The zero-order chi connectivity index (χ0) is 9.14. The van der Waals surface area contributed by atoms with E-state index in [1.165, 1.54) is 6.20 Å². The van der Waals surface area contributed by atoms with Gasteiger partial charge < -0.3 is 10.8 Å². The first-order valence-corrected chi connectivity index (χ1v) is 4.01. The van der Waals surface area contributed by atoms with Crippen molar-refractivity contribution in [1.29, 1.82) is 0 Å². The first-order valence-electron chi connectivity index (χ1n) is 3.21. The van der Waals surface area contributed by atoms with Crippen LogP contribution in [0.15, 0.2) is 22.8 Å². The fourth-order valence-corrected chi connectivity index (χ4v) is 1.25. The molecule has 0 aromatic carbocycles. The maximum absolute atomic E-state index is 10.5. The summed E-state index contributed by atoms with van der Waals surface area (Å²) in [6.45, 7) is 0. The lowest BCUT2D eigenvalue weighted by molar-refractivity contribution is -0.138. The number of rotatable bonds is 2. The summed E-state index contributed by atoms with van der Waals surface area (Å²) in [5.74, 6) is -1.09. The molecule has 1 heterocycles. The maximum atomic E-state index is 10.5. The lowest BCUT2D eigenvalue weighted by Crippen LogP contribution is -2.22. The number of aromatic nitrogens is 1. The number of aliphatic carboxylic acids is 1. The quantitative estimate of drug-likeness (QED) is 0.793. The van der Waals surface area contributed by atoms with Gasteiger partial charge in [0.15, 0.2) is 0 Å². The van der Waals surface area contributed by atoms with Gasteiger partial charge in [-0.1, -0.05) is 0 Å². The molecule has 12 heavy (non-hydrogen) atoms. The Labute approximate surface area is 77.5 Å². The summed E-state index contributed by atoms with van der Waals surface area (Å²) in [7, 11) is 0. The van der Waals surface area contributed by atoms with Crippen LogP contribution < -0.4 is 5.73 Å². The van der Waals surface area contributed by atoms with E-state index in [0.29, 0.717) is 10.2 Å². The van der Waals surface area contributed by atoms with Crippen molar-refractivity contribution in [2.75, 3.05) is 0 Å². The molecule has 0 spiro atoms. The molecule has 1 aromatic rings. The van der Waals surface area contributed by atoms with Crippen LogP contribution in [-0.2, 0) is 4.79 Å². The second-order valence-electron chi connectivity index (χ2n) is 2.19. The highest BCUT2D eigenvalue weighted by Crippen LogP contribution is 2.18. The van der Waals surface area contributed by atoms with Gasteiger partial charge in [0.1, 0.15) is 6.04 Å². The van der Waals surface area contributed by atoms with E-state index < -0.39 is 12.0 Å². The maximum Gasteiger partial charge on any atom is 0.326 e. The predicted octanol–water partition coefficient (Wildman–Crippen LogP) is 0.928. The van der Waals surface area contributed by atoms with Gasteiger partial charge >= 0.3 is 5.97 Å². The monoisotopic (exact) mass is 230 g/mol. The third-order valence-corrected chi connectivity index (χ3v) is 2.02. The standard InChI is InChI=1S/C7H7BrN2O2/c8-4-2-1-3-10-6(4)5(9)7(11)12/h1-3,5H,9H2,(H,11,12). The van der Waals surface area contributed by atoms with Gasteiger partial charge in [-0.05, 0) is 28.1 Å². The van der Waals surface area contributed by atoms with Crippen molar-refractivity contribution < 1.29 is 9.90 Å². The van der Waals surface area contributed by atoms with Crippen molar-refractivity contribution >= 4 is 21.9 Å². The number of hydrogen-bond acceptors (Lipinski definition) is 3. The van der Waals surface area contributed by atoms with E-state index in [4.69, 9.17) is 10.8 Å². The molecule has 0 radical (unpaired) electrons. The van der Waals surface area contributed by atoms with E-state index in [-0.39, 0.29) is 0 Å². The lowest BCUT2D eigenvalue weighted by atomic mass is 10.2. The second kappa shape index (κ2) is 3.64. The van der Waals surface area contributed by atoms with Crippen molar-refractivity contribution in [3.63, 3.8) is 0 Å². The Hall–Kier alpha value is -0.940. The molecule has 0 fully saturated rings. The molecular formula is C7H7BrN2O2. The number of carboxylic acid groups (broad SMARTS) is 1. The van der Waals surface area contributed by atoms with Crippen LogP contribution in [0.25, 0.3) is 0 Å². The molecule has 3 N–H and O–H groups in total. The van der Waals surface area contributed by atoms with Gasteiger partial charge in [-0.25, -0.2) is 0 Å². The highest BCUT2D eigenvalue weighted by Gasteiger charge is 2.17. The molecule has 0 saturated heterocycles. The number of nitrogens with two attached hydrogens (primary N) is 1. The number of carbonyl (C=O) groups is 1. The molecule has 1 aromatic heterocycles. The Morgan fingerprint density at radius 2 is 2.42 bits per heavy atom. The fraction of sp³-hybridized carbons (Fsp3) is 0.143. The van der Waals surface area contributed by atoms with E-state index in [2.05, 4.69) is 20.9 Å². The average Bonchev–Trinajstić information content (AvgIpc) is 2.04. The summed E-state index contributed by atoms with van der Waals surface area (Å²) in [6.07, 6.45) is 1.50. The Morgan fingerprint density at radius 1 is 1.75 bits per heavy atom. The molecule has 1 atom stereocenters. The van der Waals surface area contributed by atoms with Gasteiger partial charge in [-0.3, -0.25) is 9.78 Å². The zero-order valence-corrected chi connectivity index (χ0v) is 7.65. The minimum absolute atomic E-state index is 0.338. The third kappa shape index (κ3) is 1.80. The molecule has 0 saturated carbocycles. The van der Waals surface area contributed by atoms with Crippen molar-refractivity contribution in [2.24, 2.45) is 5.73 Å². The first-order chi connectivity index (χ1) is 5.63. The molecule has 1 rings (SSSR count). The normalized spacial score (nSPS) is 12.5. The Kier molecular flexibility index (Phi) is 2.78. The van der Waals surface area contributed by atoms with Crippen LogP contribution >= 0.6 is 15.9 Å². The van der Waals surface area contributed by atoms with Gasteiger partial charge in [-0.2, -0.15) is 0 Å². The van der Waals surface area contributed by atoms with Gasteiger partial charge in [-0.15, -0.1) is 0 Å². The van der Waals surface area contributed by atoms with Crippen LogP contribution in [0.4, 0.5) is 0 Å². The molecule has 0 aliphatic rings. The summed E-state index contributed by atoms with van der Waals surface area (Å²) < 4.78 is 0.611. The number of pyridine rings is 1. The van der Waals surface area contributed by atoms with E-state index in [0.717, 1.165) is 0 Å². The Morgan fingerprint density at radius 3 is 2.92 bits per heavy atom. The van der Waals surface area contributed by atoms with Crippen molar-refractivity contribution in [1.82, 2.24) is 4.98 Å². The molecule has 64 valence electrons. The fourth-order valence-electron chi connectivity index (χ4n) is 0.744. The zero-order valence-electron chi connectivity index (χ0n) is 6.07.